The standard InChI is InChI=1S/C17H23FN2O3.ClH/c18-13-5-3-12(4-6-13)17(15-2-1-8-23-15)20-16(21)10-14-11-22-9-7-19-14;/h3-6,14-15,17,19H,1-2,7-11H2,(H,20,21);1H. The number of halogens is 2. The van der Waals surface area contributed by atoms with Crippen molar-refractivity contribution in [2.24, 2.45) is 0 Å². The molecule has 3 atom stereocenters. The molecule has 2 N–H and O–H groups in total. The second kappa shape index (κ2) is 9.32. The normalized spacial score (nSPS) is 24.9. The number of hydrogen-bond acceptors (Lipinski definition) is 4. The summed E-state index contributed by atoms with van der Waals surface area (Å²) in [6.45, 7) is 2.71. The average Bonchev–Trinajstić information content (AvgIpc) is 3.09. The molecule has 0 aromatic heterocycles. The highest BCUT2D eigenvalue weighted by molar-refractivity contribution is 5.85. The SMILES string of the molecule is Cl.O=C(CC1COCCN1)NC(c1ccc(F)cc1)C1CCCO1. The van der Waals surface area contributed by atoms with E-state index in [1.165, 1.54) is 12.1 Å². The van der Waals surface area contributed by atoms with E-state index < -0.39 is 0 Å². The molecule has 5 nitrogen and oxygen atoms in total. The molecule has 7 heteroatoms. The lowest BCUT2D eigenvalue weighted by atomic mass is 9.98. The molecule has 3 unspecified atom stereocenters. The van der Waals surface area contributed by atoms with E-state index in [0.717, 1.165) is 24.9 Å². The van der Waals surface area contributed by atoms with Gasteiger partial charge in [0.2, 0.25) is 5.91 Å². The quantitative estimate of drug-likeness (QED) is 0.844. The van der Waals surface area contributed by atoms with Crippen molar-refractivity contribution in [3.05, 3.63) is 35.6 Å². The van der Waals surface area contributed by atoms with Gasteiger partial charge >= 0.3 is 0 Å². The molecule has 0 bridgehead atoms. The van der Waals surface area contributed by atoms with Crippen LogP contribution in [0.5, 0.6) is 0 Å². The van der Waals surface area contributed by atoms with E-state index in [0.29, 0.717) is 26.2 Å². The van der Waals surface area contributed by atoms with E-state index in [1.54, 1.807) is 12.1 Å². The summed E-state index contributed by atoms with van der Waals surface area (Å²) >= 11 is 0. The van der Waals surface area contributed by atoms with Crippen LogP contribution in [-0.2, 0) is 14.3 Å². The van der Waals surface area contributed by atoms with Gasteiger partial charge in [-0.1, -0.05) is 12.1 Å². The topological polar surface area (TPSA) is 59.6 Å². The Hall–Kier alpha value is -1.21. The Labute approximate surface area is 147 Å². The van der Waals surface area contributed by atoms with Crippen LogP contribution in [0.4, 0.5) is 4.39 Å². The van der Waals surface area contributed by atoms with Crippen LogP contribution in [0, 0.1) is 5.82 Å². The summed E-state index contributed by atoms with van der Waals surface area (Å²) in [4.78, 5) is 12.4. The molecule has 0 saturated carbocycles. The largest absolute Gasteiger partial charge is 0.378 e. The van der Waals surface area contributed by atoms with Crippen LogP contribution >= 0.6 is 12.4 Å². The second-order valence-electron chi connectivity index (χ2n) is 6.08. The first-order valence-corrected chi connectivity index (χ1v) is 8.20. The van der Waals surface area contributed by atoms with Crippen LogP contribution in [0.25, 0.3) is 0 Å². The fourth-order valence-corrected chi connectivity index (χ4v) is 3.13. The van der Waals surface area contributed by atoms with Gasteiger partial charge < -0.3 is 20.1 Å². The molecular weight excluding hydrogens is 335 g/mol. The minimum Gasteiger partial charge on any atom is -0.378 e. The van der Waals surface area contributed by atoms with Crippen molar-refractivity contribution in [1.82, 2.24) is 10.6 Å². The molecule has 2 heterocycles. The van der Waals surface area contributed by atoms with Crippen molar-refractivity contribution in [2.75, 3.05) is 26.4 Å². The number of amides is 1. The predicted molar refractivity (Wildman–Crippen MR) is 90.7 cm³/mol. The summed E-state index contributed by atoms with van der Waals surface area (Å²) < 4.78 is 24.3. The fourth-order valence-electron chi connectivity index (χ4n) is 3.13. The first-order chi connectivity index (χ1) is 11.2. The average molecular weight is 359 g/mol. The number of rotatable bonds is 5. The third-order valence-electron chi connectivity index (χ3n) is 4.31. The lowest BCUT2D eigenvalue weighted by molar-refractivity contribution is -0.124. The van der Waals surface area contributed by atoms with Crippen molar-refractivity contribution >= 4 is 18.3 Å². The molecule has 2 fully saturated rings. The molecule has 1 aromatic rings. The highest BCUT2D eigenvalue weighted by Gasteiger charge is 2.29. The summed E-state index contributed by atoms with van der Waals surface area (Å²) in [5.74, 6) is -0.326. The van der Waals surface area contributed by atoms with E-state index in [1.807, 2.05) is 0 Å². The van der Waals surface area contributed by atoms with Gasteiger partial charge in [0.05, 0.1) is 25.4 Å². The first kappa shape index (κ1) is 19.1. The number of carbonyl (C=O) groups excluding carboxylic acids is 1. The lowest BCUT2D eigenvalue weighted by Gasteiger charge is -2.27. The molecular formula is C17H24ClFN2O3. The predicted octanol–water partition coefficient (Wildman–Crippen LogP) is 1.96. The van der Waals surface area contributed by atoms with Crippen LogP contribution in [-0.4, -0.2) is 44.4 Å². The summed E-state index contributed by atoms with van der Waals surface area (Å²) in [7, 11) is 0. The third-order valence-corrected chi connectivity index (χ3v) is 4.31. The van der Waals surface area contributed by atoms with Gasteiger partial charge in [-0.15, -0.1) is 12.4 Å². The van der Waals surface area contributed by atoms with Crippen molar-refractivity contribution in [3.63, 3.8) is 0 Å². The van der Waals surface area contributed by atoms with Gasteiger partial charge in [0, 0.05) is 25.6 Å². The summed E-state index contributed by atoms with van der Waals surface area (Å²) in [6, 6.07) is 6.06. The van der Waals surface area contributed by atoms with Gasteiger partial charge in [0.25, 0.3) is 0 Å². The van der Waals surface area contributed by atoms with Crippen LogP contribution in [0.1, 0.15) is 30.9 Å². The Balaban J connectivity index is 0.00000208. The van der Waals surface area contributed by atoms with E-state index >= 15 is 0 Å². The Bertz CT molecular complexity index is 517. The van der Waals surface area contributed by atoms with E-state index in [-0.39, 0.29) is 42.3 Å². The second-order valence-corrected chi connectivity index (χ2v) is 6.08. The zero-order chi connectivity index (χ0) is 16.1. The van der Waals surface area contributed by atoms with E-state index in [4.69, 9.17) is 9.47 Å². The molecule has 0 spiro atoms. The first-order valence-electron chi connectivity index (χ1n) is 8.20. The van der Waals surface area contributed by atoms with Crippen molar-refractivity contribution in [1.29, 1.82) is 0 Å². The highest BCUT2D eigenvalue weighted by atomic mass is 35.5. The molecule has 2 aliphatic heterocycles. The molecule has 1 amide bonds. The molecule has 0 aliphatic carbocycles. The summed E-state index contributed by atoms with van der Waals surface area (Å²) in [5, 5.41) is 6.33. The maximum absolute atomic E-state index is 13.2. The zero-order valence-corrected chi connectivity index (χ0v) is 14.3. The van der Waals surface area contributed by atoms with E-state index in [9.17, 15) is 9.18 Å². The van der Waals surface area contributed by atoms with Crippen molar-refractivity contribution in [2.45, 2.75) is 37.5 Å². The molecule has 2 saturated heterocycles. The molecule has 3 rings (SSSR count). The maximum atomic E-state index is 13.2. The summed E-state index contributed by atoms with van der Waals surface area (Å²) in [5.41, 5.74) is 0.875. The molecule has 24 heavy (non-hydrogen) atoms. The van der Waals surface area contributed by atoms with E-state index in [2.05, 4.69) is 10.6 Å². The van der Waals surface area contributed by atoms with Gasteiger partial charge in [-0.3, -0.25) is 4.79 Å². The third kappa shape index (κ3) is 5.14. The lowest BCUT2D eigenvalue weighted by Crippen LogP contribution is -2.45. The maximum Gasteiger partial charge on any atom is 0.222 e. The highest BCUT2D eigenvalue weighted by Crippen LogP contribution is 2.27. The Morgan fingerprint density at radius 1 is 1.33 bits per heavy atom. The Morgan fingerprint density at radius 2 is 2.12 bits per heavy atom. The van der Waals surface area contributed by atoms with Gasteiger partial charge in [0.1, 0.15) is 5.82 Å². The number of hydrogen-bond donors (Lipinski definition) is 2. The van der Waals surface area contributed by atoms with Gasteiger partial charge in [-0.2, -0.15) is 0 Å². The van der Waals surface area contributed by atoms with Crippen LogP contribution in [0.2, 0.25) is 0 Å². The molecule has 0 radical (unpaired) electrons. The minimum absolute atomic E-state index is 0. The monoisotopic (exact) mass is 358 g/mol. The molecule has 134 valence electrons. The van der Waals surface area contributed by atoms with Crippen molar-refractivity contribution in [3.8, 4) is 0 Å². The van der Waals surface area contributed by atoms with Gasteiger partial charge in [-0.25, -0.2) is 4.39 Å². The van der Waals surface area contributed by atoms with Gasteiger partial charge in [-0.05, 0) is 30.5 Å². The number of morpholine rings is 1. The Kier molecular flexibility index (Phi) is 7.42. The Morgan fingerprint density at radius 3 is 2.75 bits per heavy atom. The number of carbonyl (C=O) groups is 1. The van der Waals surface area contributed by atoms with Crippen LogP contribution in [0.3, 0.4) is 0 Å². The minimum atomic E-state index is -0.283. The number of benzene rings is 1. The summed E-state index contributed by atoms with van der Waals surface area (Å²) in [6.07, 6.45) is 2.19. The van der Waals surface area contributed by atoms with Crippen molar-refractivity contribution < 1.29 is 18.7 Å². The molecule has 1 aromatic carbocycles. The zero-order valence-electron chi connectivity index (χ0n) is 13.5. The van der Waals surface area contributed by atoms with Crippen LogP contribution in [0.15, 0.2) is 24.3 Å². The fraction of sp³-hybridized carbons (Fsp3) is 0.588. The van der Waals surface area contributed by atoms with Crippen LogP contribution < -0.4 is 10.6 Å². The molecule has 2 aliphatic rings. The number of ether oxygens (including phenoxy) is 2. The van der Waals surface area contributed by atoms with Gasteiger partial charge in [0.15, 0.2) is 0 Å². The number of nitrogens with one attached hydrogen (secondary N) is 2. The smallest absolute Gasteiger partial charge is 0.222 e.